The van der Waals surface area contributed by atoms with Crippen molar-refractivity contribution in [1.82, 2.24) is 20.4 Å². The molecule has 5 nitrogen and oxygen atoms in total. The maximum atomic E-state index is 12.4. The number of carbonyl (C=O) groups excluding carboxylic acids is 1. The van der Waals surface area contributed by atoms with Crippen molar-refractivity contribution in [3.05, 3.63) is 16.4 Å². The largest absolute Gasteiger partial charge is 0.351 e. The van der Waals surface area contributed by atoms with Gasteiger partial charge in [-0.15, -0.1) is 0 Å². The van der Waals surface area contributed by atoms with Crippen LogP contribution in [-0.2, 0) is 7.05 Å². The summed E-state index contributed by atoms with van der Waals surface area (Å²) < 4.78 is 1.57. The molecule has 1 aliphatic rings. The van der Waals surface area contributed by atoms with E-state index in [4.69, 9.17) is 11.6 Å². The maximum Gasteiger partial charge on any atom is 0.256 e. The van der Waals surface area contributed by atoms with E-state index in [1.807, 2.05) is 13.8 Å². The van der Waals surface area contributed by atoms with Gasteiger partial charge in [-0.05, 0) is 18.8 Å². The van der Waals surface area contributed by atoms with Gasteiger partial charge in [-0.3, -0.25) is 9.48 Å². The summed E-state index contributed by atoms with van der Waals surface area (Å²) in [5.41, 5.74) is 1.27. The van der Waals surface area contributed by atoms with E-state index in [0.717, 1.165) is 12.2 Å². The molecule has 2 N–H and O–H groups in total. The van der Waals surface area contributed by atoms with Crippen LogP contribution in [0.5, 0.6) is 0 Å². The van der Waals surface area contributed by atoms with Gasteiger partial charge in [0.15, 0.2) is 0 Å². The highest BCUT2D eigenvalue weighted by molar-refractivity contribution is 6.33. The van der Waals surface area contributed by atoms with E-state index >= 15 is 0 Å². The molecule has 1 aromatic rings. The number of rotatable bonds is 6. The number of carbonyl (C=O) groups is 1. The van der Waals surface area contributed by atoms with Crippen LogP contribution in [0.2, 0.25) is 5.15 Å². The molecule has 2 rings (SSSR count). The Morgan fingerprint density at radius 2 is 1.91 bits per heavy atom. The summed E-state index contributed by atoms with van der Waals surface area (Å²) in [7, 11) is 1.76. The van der Waals surface area contributed by atoms with Gasteiger partial charge in [0.05, 0.1) is 11.3 Å². The molecule has 0 spiro atoms. The number of nitrogens with one attached hydrogen (secondary N) is 2. The third kappa shape index (κ3) is 4.95. The van der Waals surface area contributed by atoms with Gasteiger partial charge in [-0.2, -0.15) is 5.10 Å². The third-order valence-corrected chi connectivity index (χ3v) is 4.91. The van der Waals surface area contributed by atoms with Crippen LogP contribution in [0, 0.1) is 0 Å². The van der Waals surface area contributed by atoms with Crippen LogP contribution in [-0.4, -0.2) is 34.8 Å². The molecule has 0 atom stereocenters. The predicted molar refractivity (Wildman–Crippen MR) is 94.1 cm³/mol. The Morgan fingerprint density at radius 1 is 1.26 bits per heavy atom. The number of nitrogens with zero attached hydrogens (tertiary/aromatic N) is 2. The van der Waals surface area contributed by atoms with E-state index in [1.54, 1.807) is 11.7 Å². The fraction of sp³-hybridized carbons (Fsp3) is 0.765. The number of amides is 1. The minimum atomic E-state index is -0.130. The highest BCUT2D eigenvalue weighted by atomic mass is 35.5. The molecular formula is C17H29ClN4O. The Bertz CT molecular complexity index is 519. The molecular weight excluding hydrogens is 312 g/mol. The molecule has 1 heterocycles. The number of aromatic nitrogens is 2. The summed E-state index contributed by atoms with van der Waals surface area (Å²) in [6.45, 7) is 5.44. The van der Waals surface area contributed by atoms with E-state index in [2.05, 4.69) is 15.7 Å². The summed E-state index contributed by atoms with van der Waals surface area (Å²) in [5.74, 6) is 0.0352. The summed E-state index contributed by atoms with van der Waals surface area (Å²) in [5, 5.41) is 11.3. The van der Waals surface area contributed by atoms with Gasteiger partial charge in [0.1, 0.15) is 5.15 Å². The average molecular weight is 341 g/mol. The quantitative estimate of drug-likeness (QED) is 0.617. The number of hydrogen-bond donors (Lipinski definition) is 2. The molecule has 23 heavy (non-hydrogen) atoms. The second-order valence-electron chi connectivity index (χ2n) is 6.73. The van der Waals surface area contributed by atoms with Crippen molar-refractivity contribution in [2.24, 2.45) is 7.05 Å². The Hall–Kier alpha value is -1.07. The normalized spacial score (nSPS) is 16.6. The summed E-state index contributed by atoms with van der Waals surface area (Å²) in [6, 6.07) is 0.600. The number of aryl methyl sites for hydroxylation is 1. The molecule has 0 unspecified atom stereocenters. The van der Waals surface area contributed by atoms with Crippen molar-refractivity contribution in [3.63, 3.8) is 0 Å². The topological polar surface area (TPSA) is 59.0 Å². The SMILES string of the molecule is CC(C)c1nn(C)c(Cl)c1C(=O)NCCNC1CCCCCC1. The summed E-state index contributed by atoms with van der Waals surface area (Å²) in [4.78, 5) is 12.4. The molecule has 1 saturated carbocycles. The van der Waals surface area contributed by atoms with Crippen LogP contribution in [0.3, 0.4) is 0 Å². The van der Waals surface area contributed by atoms with Crippen molar-refractivity contribution in [2.75, 3.05) is 13.1 Å². The lowest BCUT2D eigenvalue weighted by Gasteiger charge is -2.16. The summed E-state index contributed by atoms with van der Waals surface area (Å²) in [6.07, 6.45) is 7.83. The first kappa shape index (κ1) is 18.3. The van der Waals surface area contributed by atoms with Crippen molar-refractivity contribution >= 4 is 17.5 Å². The van der Waals surface area contributed by atoms with Crippen LogP contribution in [0.25, 0.3) is 0 Å². The summed E-state index contributed by atoms with van der Waals surface area (Å²) >= 11 is 6.23. The van der Waals surface area contributed by atoms with Gasteiger partial charge in [0, 0.05) is 26.2 Å². The van der Waals surface area contributed by atoms with Crippen molar-refractivity contribution in [3.8, 4) is 0 Å². The van der Waals surface area contributed by atoms with Crippen molar-refractivity contribution < 1.29 is 4.79 Å². The fourth-order valence-electron chi connectivity index (χ4n) is 3.16. The van der Waals surface area contributed by atoms with Gasteiger partial charge in [-0.1, -0.05) is 51.1 Å². The highest BCUT2D eigenvalue weighted by Gasteiger charge is 2.23. The minimum absolute atomic E-state index is 0.130. The molecule has 1 amide bonds. The zero-order valence-corrected chi connectivity index (χ0v) is 15.2. The molecule has 0 aliphatic heterocycles. The van der Waals surface area contributed by atoms with Crippen molar-refractivity contribution in [2.45, 2.75) is 64.3 Å². The fourth-order valence-corrected chi connectivity index (χ4v) is 3.38. The number of halogens is 1. The lowest BCUT2D eigenvalue weighted by Crippen LogP contribution is -2.37. The highest BCUT2D eigenvalue weighted by Crippen LogP contribution is 2.25. The first-order chi connectivity index (χ1) is 11.0. The lowest BCUT2D eigenvalue weighted by molar-refractivity contribution is 0.0952. The van der Waals surface area contributed by atoms with E-state index in [0.29, 0.717) is 23.3 Å². The predicted octanol–water partition coefficient (Wildman–Crippen LogP) is 3.24. The Labute approximate surface area is 144 Å². The average Bonchev–Trinajstić information content (AvgIpc) is 2.70. The van der Waals surface area contributed by atoms with Crippen LogP contribution >= 0.6 is 11.6 Å². The van der Waals surface area contributed by atoms with Crippen molar-refractivity contribution in [1.29, 1.82) is 0 Å². The molecule has 1 aliphatic carbocycles. The second-order valence-corrected chi connectivity index (χ2v) is 7.09. The smallest absolute Gasteiger partial charge is 0.256 e. The van der Waals surface area contributed by atoms with E-state index in [9.17, 15) is 4.79 Å². The van der Waals surface area contributed by atoms with E-state index in [-0.39, 0.29) is 11.8 Å². The zero-order chi connectivity index (χ0) is 16.8. The van der Waals surface area contributed by atoms with Gasteiger partial charge >= 0.3 is 0 Å². The molecule has 0 aromatic carbocycles. The maximum absolute atomic E-state index is 12.4. The van der Waals surface area contributed by atoms with Crippen LogP contribution < -0.4 is 10.6 Å². The third-order valence-electron chi connectivity index (χ3n) is 4.48. The van der Waals surface area contributed by atoms with Crippen LogP contribution in [0.1, 0.15) is 74.3 Å². The molecule has 130 valence electrons. The second kappa shape index (κ2) is 8.69. The van der Waals surface area contributed by atoms with Gasteiger partial charge in [-0.25, -0.2) is 0 Å². The molecule has 0 radical (unpaired) electrons. The minimum Gasteiger partial charge on any atom is -0.351 e. The van der Waals surface area contributed by atoms with Gasteiger partial charge < -0.3 is 10.6 Å². The van der Waals surface area contributed by atoms with Crippen LogP contribution in [0.15, 0.2) is 0 Å². The molecule has 0 bridgehead atoms. The standard InChI is InChI=1S/C17H29ClN4O/c1-12(2)15-14(16(18)22(3)21-15)17(23)20-11-10-19-13-8-6-4-5-7-9-13/h12-13,19H,4-11H2,1-3H3,(H,20,23). The lowest BCUT2D eigenvalue weighted by atomic mass is 10.1. The van der Waals surface area contributed by atoms with E-state index < -0.39 is 0 Å². The molecule has 1 aromatic heterocycles. The molecule has 6 heteroatoms. The number of hydrogen-bond acceptors (Lipinski definition) is 3. The Morgan fingerprint density at radius 3 is 2.52 bits per heavy atom. The van der Waals surface area contributed by atoms with Gasteiger partial charge in [0.25, 0.3) is 5.91 Å². The molecule has 1 fully saturated rings. The monoisotopic (exact) mass is 340 g/mol. The van der Waals surface area contributed by atoms with Crippen LogP contribution in [0.4, 0.5) is 0 Å². The first-order valence-corrected chi connectivity index (χ1v) is 9.12. The van der Waals surface area contributed by atoms with E-state index in [1.165, 1.54) is 38.5 Å². The Balaban J connectivity index is 1.83. The first-order valence-electron chi connectivity index (χ1n) is 8.74. The Kier molecular flexibility index (Phi) is 6.90. The van der Waals surface area contributed by atoms with Gasteiger partial charge in [0.2, 0.25) is 0 Å². The zero-order valence-electron chi connectivity index (χ0n) is 14.5. The molecule has 0 saturated heterocycles.